The molecule has 0 saturated heterocycles. The Labute approximate surface area is 138 Å². The number of ether oxygens (including phenoxy) is 2. The molecule has 1 atom stereocenters. The lowest BCUT2D eigenvalue weighted by molar-refractivity contribution is 0.0525. The third-order valence-electron chi connectivity index (χ3n) is 3.45. The molecule has 0 radical (unpaired) electrons. The fourth-order valence-electron chi connectivity index (χ4n) is 2.55. The summed E-state index contributed by atoms with van der Waals surface area (Å²) in [4.78, 5) is 13.0. The number of carbonyl (C=O) groups is 1. The smallest absolute Gasteiger partial charge is 0.338 e. The highest BCUT2D eigenvalue weighted by Crippen LogP contribution is 2.48. The van der Waals surface area contributed by atoms with E-state index >= 15 is 0 Å². The monoisotopic (exact) mass is 346 g/mol. The molecule has 3 nitrogen and oxygen atoms in total. The van der Waals surface area contributed by atoms with Gasteiger partial charge >= 0.3 is 5.97 Å². The molecule has 0 fully saturated rings. The van der Waals surface area contributed by atoms with E-state index < -0.39 is 0 Å². The summed E-state index contributed by atoms with van der Waals surface area (Å²) in [5, 5.41) is 0.343. The van der Waals surface area contributed by atoms with Gasteiger partial charge in [0, 0.05) is 10.8 Å². The van der Waals surface area contributed by atoms with Crippen LogP contribution in [0.5, 0.6) is 5.75 Å². The zero-order valence-electron chi connectivity index (χ0n) is 12.4. The summed E-state index contributed by atoms with van der Waals surface area (Å²) in [5.41, 5.74) is 2.64. The van der Waals surface area contributed by atoms with Crippen LogP contribution >= 0.6 is 33.4 Å². The first-order chi connectivity index (χ1) is 10.1. The Morgan fingerprint density at radius 1 is 1.52 bits per heavy atom. The summed E-state index contributed by atoms with van der Waals surface area (Å²) in [5.74, 6) is 1.56. The first-order valence-electron chi connectivity index (χ1n) is 7.01. The minimum Gasteiger partial charge on any atom is -0.492 e. The van der Waals surface area contributed by atoms with E-state index in [9.17, 15) is 4.79 Å². The average molecular weight is 347 g/mol. The Morgan fingerprint density at radius 3 is 2.90 bits per heavy atom. The molecule has 0 aromatic heterocycles. The van der Waals surface area contributed by atoms with Crippen LogP contribution in [0.4, 0.5) is 0 Å². The van der Waals surface area contributed by atoms with Gasteiger partial charge in [0.05, 0.1) is 23.7 Å². The summed E-state index contributed by atoms with van der Waals surface area (Å²) in [7, 11) is 7.06. The molecule has 1 aromatic carbocycles. The van der Waals surface area contributed by atoms with Gasteiger partial charge in [-0.1, -0.05) is 6.92 Å². The zero-order valence-corrected chi connectivity index (χ0v) is 14.8. The van der Waals surface area contributed by atoms with Crippen molar-refractivity contribution < 1.29 is 14.3 Å². The highest BCUT2D eigenvalue weighted by molar-refractivity contribution is 8.21. The lowest BCUT2D eigenvalue weighted by Crippen LogP contribution is -2.17. The number of hydrogen-bond donors (Lipinski definition) is 0. The Balaban J connectivity index is 2.56. The van der Waals surface area contributed by atoms with Crippen LogP contribution in [0.1, 0.15) is 47.0 Å². The molecular weight excluding hydrogens is 328 g/mol. The van der Waals surface area contributed by atoms with E-state index in [1.54, 1.807) is 6.07 Å². The third kappa shape index (κ3) is 3.46. The molecule has 6 heteroatoms. The molecule has 116 valence electrons. The molecule has 2 rings (SSSR count). The van der Waals surface area contributed by atoms with Crippen molar-refractivity contribution in [3.8, 4) is 5.75 Å². The molecule has 0 spiro atoms. The van der Waals surface area contributed by atoms with E-state index in [0.717, 1.165) is 44.9 Å². The first kappa shape index (κ1) is 16.8. The third-order valence-corrected chi connectivity index (χ3v) is 5.62. The van der Waals surface area contributed by atoms with Crippen molar-refractivity contribution in [1.29, 1.82) is 0 Å². The number of halogens is 1. The van der Waals surface area contributed by atoms with Gasteiger partial charge in [0.1, 0.15) is 5.75 Å². The van der Waals surface area contributed by atoms with Crippen molar-refractivity contribution in [2.45, 2.75) is 37.3 Å². The maximum absolute atomic E-state index is 12.2. The first-order valence-corrected chi connectivity index (χ1v) is 9.70. The number of thioether (sulfide) groups is 1. The van der Waals surface area contributed by atoms with Gasteiger partial charge in [0.2, 0.25) is 0 Å². The molecule has 1 aliphatic heterocycles. The van der Waals surface area contributed by atoms with Crippen molar-refractivity contribution in [3.05, 3.63) is 22.8 Å². The fraction of sp³-hybridized carbons (Fsp3) is 0.533. The topological polar surface area (TPSA) is 35.5 Å². The minimum atomic E-state index is -0.296. The molecule has 1 aromatic rings. The van der Waals surface area contributed by atoms with Gasteiger partial charge in [-0.15, -0.1) is 0 Å². The second-order valence-electron chi connectivity index (χ2n) is 4.67. The van der Waals surface area contributed by atoms with Crippen LogP contribution in [0.15, 0.2) is 11.0 Å². The van der Waals surface area contributed by atoms with Crippen molar-refractivity contribution in [1.82, 2.24) is 0 Å². The van der Waals surface area contributed by atoms with Gasteiger partial charge in [-0.3, -0.25) is 0 Å². The van der Waals surface area contributed by atoms with Gasteiger partial charge < -0.3 is 9.47 Å². The predicted octanol–water partition coefficient (Wildman–Crippen LogP) is 4.99. The number of hydrogen-bond acceptors (Lipinski definition) is 5. The molecule has 0 N–H and O–H groups in total. The van der Waals surface area contributed by atoms with Crippen LogP contribution in [0, 0.1) is 6.92 Å². The number of rotatable bonds is 5. The van der Waals surface area contributed by atoms with Crippen LogP contribution < -0.4 is 4.74 Å². The quantitative estimate of drug-likeness (QED) is 0.701. The number of esters is 1. The Hall–Kier alpha value is -0.520. The standard InChI is InChI=1S/C15H19ClO3S2/c1-4-18-15(17)10-8-12(21-16)14-13(9(10)3)11(20-5-2)6-7-19-14/h8,11H,4-7H2,1-3H3. The van der Waals surface area contributed by atoms with Crippen molar-refractivity contribution in [2.24, 2.45) is 0 Å². The molecule has 0 bridgehead atoms. The van der Waals surface area contributed by atoms with E-state index in [2.05, 4.69) is 6.92 Å². The maximum Gasteiger partial charge on any atom is 0.338 e. The van der Waals surface area contributed by atoms with E-state index in [1.165, 1.54) is 0 Å². The Morgan fingerprint density at radius 2 is 2.29 bits per heavy atom. The van der Waals surface area contributed by atoms with Gasteiger partial charge in [0.25, 0.3) is 0 Å². The number of fused-ring (bicyclic) bond motifs is 1. The highest BCUT2D eigenvalue weighted by Gasteiger charge is 2.29. The SMILES string of the molecule is CCOC(=O)c1cc(SCl)c2c(c1C)C(SCC)CCO2. The summed E-state index contributed by atoms with van der Waals surface area (Å²) < 4.78 is 11.0. The Kier molecular flexibility index (Phi) is 6.14. The largest absolute Gasteiger partial charge is 0.492 e. The highest BCUT2D eigenvalue weighted by atomic mass is 35.7. The zero-order chi connectivity index (χ0) is 15.4. The second kappa shape index (κ2) is 7.65. The van der Waals surface area contributed by atoms with Crippen molar-refractivity contribution >= 4 is 39.4 Å². The molecule has 1 heterocycles. The fourth-order valence-corrected chi connectivity index (χ4v) is 4.41. The predicted molar refractivity (Wildman–Crippen MR) is 89.8 cm³/mol. The van der Waals surface area contributed by atoms with Crippen LogP contribution in [0.2, 0.25) is 0 Å². The van der Waals surface area contributed by atoms with Gasteiger partial charge in [-0.05, 0) is 59.3 Å². The maximum atomic E-state index is 12.2. The second-order valence-corrected chi connectivity index (χ2v) is 7.21. The molecule has 0 saturated carbocycles. The van der Waals surface area contributed by atoms with Crippen LogP contribution in [-0.4, -0.2) is 24.9 Å². The van der Waals surface area contributed by atoms with E-state index in [-0.39, 0.29) is 5.97 Å². The van der Waals surface area contributed by atoms with Gasteiger partial charge in [-0.2, -0.15) is 11.8 Å². The molecule has 0 aliphatic carbocycles. The summed E-state index contributed by atoms with van der Waals surface area (Å²) >= 11 is 1.88. The Bertz CT molecular complexity index is 534. The van der Waals surface area contributed by atoms with Crippen LogP contribution in [0.25, 0.3) is 0 Å². The minimum absolute atomic E-state index is 0.296. The van der Waals surface area contributed by atoms with Gasteiger partial charge in [-0.25, -0.2) is 4.79 Å². The lowest BCUT2D eigenvalue weighted by Gasteiger charge is -2.29. The molecule has 0 amide bonds. The van der Waals surface area contributed by atoms with E-state index in [4.69, 9.17) is 20.2 Å². The summed E-state index contributed by atoms with van der Waals surface area (Å²) in [6, 6.07) is 1.78. The lowest BCUT2D eigenvalue weighted by atomic mass is 9.96. The number of benzene rings is 1. The van der Waals surface area contributed by atoms with E-state index in [0.29, 0.717) is 24.0 Å². The summed E-state index contributed by atoms with van der Waals surface area (Å²) in [6.45, 7) is 6.96. The molecule has 1 unspecified atom stereocenters. The normalized spacial score (nSPS) is 17.0. The molecule has 21 heavy (non-hydrogen) atoms. The van der Waals surface area contributed by atoms with Gasteiger partial charge in [0.15, 0.2) is 0 Å². The number of carbonyl (C=O) groups excluding carboxylic acids is 1. The van der Waals surface area contributed by atoms with Crippen LogP contribution in [-0.2, 0) is 4.74 Å². The van der Waals surface area contributed by atoms with E-state index in [1.807, 2.05) is 25.6 Å². The summed E-state index contributed by atoms with van der Waals surface area (Å²) in [6.07, 6.45) is 0.949. The molecule has 1 aliphatic rings. The molecular formula is C15H19ClO3S2. The van der Waals surface area contributed by atoms with Crippen LogP contribution in [0.3, 0.4) is 0 Å². The van der Waals surface area contributed by atoms with Crippen molar-refractivity contribution in [3.63, 3.8) is 0 Å². The van der Waals surface area contributed by atoms with Crippen molar-refractivity contribution in [2.75, 3.05) is 19.0 Å². The average Bonchev–Trinajstić information content (AvgIpc) is 2.48.